The molecule has 0 aliphatic carbocycles. The molecule has 156 valence electrons. The minimum atomic E-state index is -0.535. The predicted molar refractivity (Wildman–Crippen MR) is 116 cm³/mol. The van der Waals surface area contributed by atoms with E-state index in [9.17, 15) is 9.59 Å². The van der Waals surface area contributed by atoms with Crippen LogP contribution in [-0.2, 0) is 16.0 Å². The molecule has 0 radical (unpaired) electrons. The van der Waals surface area contributed by atoms with Crippen molar-refractivity contribution in [2.24, 2.45) is 0 Å². The Labute approximate surface area is 178 Å². The van der Waals surface area contributed by atoms with Crippen molar-refractivity contribution in [1.29, 1.82) is 0 Å². The number of amides is 2. The number of halogens is 1. The number of carbonyl (C=O) groups excluding carboxylic acids is 2. The third-order valence-corrected chi connectivity index (χ3v) is 4.92. The number of hydrogen-bond donors (Lipinski definition) is 1. The van der Waals surface area contributed by atoms with Gasteiger partial charge in [-0.2, -0.15) is 0 Å². The van der Waals surface area contributed by atoms with Gasteiger partial charge in [0.1, 0.15) is 11.8 Å². The van der Waals surface area contributed by atoms with Gasteiger partial charge in [0.2, 0.25) is 5.91 Å². The molecular formula is C23H29ClN2O3. The maximum Gasteiger partial charge on any atom is 0.261 e. The van der Waals surface area contributed by atoms with Gasteiger partial charge in [0, 0.05) is 13.1 Å². The van der Waals surface area contributed by atoms with Gasteiger partial charge in [-0.25, -0.2) is 0 Å². The van der Waals surface area contributed by atoms with Crippen molar-refractivity contribution in [2.45, 2.75) is 39.2 Å². The van der Waals surface area contributed by atoms with Crippen molar-refractivity contribution < 1.29 is 14.3 Å². The Hall–Kier alpha value is -2.53. The molecule has 6 heteroatoms. The molecule has 0 fully saturated rings. The van der Waals surface area contributed by atoms with Gasteiger partial charge in [-0.05, 0) is 37.0 Å². The van der Waals surface area contributed by atoms with Gasteiger partial charge in [-0.3, -0.25) is 9.59 Å². The Morgan fingerprint density at radius 3 is 2.41 bits per heavy atom. The number of nitrogens with one attached hydrogen (secondary N) is 1. The third kappa shape index (κ3) is 7.09. The third-order valence-electron chi connectivity index (χ3n) is 4.61. The molecule has 0 saturated heterocycles. The Bertz CT molecular complexity index is 783. The van der Waals surface area contributed by atoms with Crippen molar-refractivity contribution in [2.75, 3.05) is 19.7 Å². The molecule has 1 unspecified atom stereocenters. The van der Waals surface area contributed by atoms with Gasteiger partial charge in [-0.1, -0.05) is 67.9 Å². The number of carbonyl (C=O) groups is 2. The van der Waals surface area contributed by atoms with Crippen LogP contribution in [0.4, 0.5) is 0 Å². The fraction of sp³-hybridized carbons (Fsp3) is 0.391. The number of ether oxygens (including phenoxy) is 1. The van der Waals surface area contributed by atoms with Crippen LogP contribution in [0.3, 0.4) is 0 Å². The average molecular weight is 417 g/mol. The molecule has 0 aromatic heterocycles. The molecule has 2 aromatic rings. The van der Waals surface area contributed by atoms with Crippen LogP contribution in [-0.4, -0.2) is 42.5 Å². The van der Waals surface area contributed by atoms with Crippen LogP contribution in [0, 0.1) is 0 Å². The van der Waals surface area contributed by atoms with Gasteiger partial charge in [-0.15, -0.1) is 0 Å². The molecule has 2 aromatic carbocycles. The Kier molecular flexibility index (Phi) is 9.51. The molecule has 2 rings (SSSR count). The molecule has 5 nitrogen and oxygen atoms in total. The molecule has 0 aliphatic heterocycles. The zero-order chi connectivity index (χ0) is 21.1. The molecular weight excluding hydrogens is 388 g/mol. The van der Waals surface area contributed by atoms with E-state index in [-0.39, 0.29) is 18.4 Å². The van der Waals surface area contributed by atoms with Crippen molar-refractivity contribution in [1.82, 2.24) is 10.2 Å². The first-order valence-electron chi connectivity index (χ1n) is 10.0. The topological polar surface area (TPSA) is 58.6 Å². The maximum atomic E-state index is 13.0. The van der Waals surface area contributed by atoms with Crippen LogP contribution < -0.4 is 10.1 Å². The summed E-state index contributed by atoms with van der Waals surface area (Å²) in [5, 5.41) is 3.35. The fourth-order valence-corrected chi connectivity index (χ4v) is 3.24. The van der Waals surface area contributed by atoms with E-state index in [0.717, 1.165) is 12.0 Å². The summed E-state index contributed by atoms with van der Waals surface area (Å²) in [7, 11) is 0. The van der Waals surface area contributed by atoms with E-state index in [2.05, 4.69) is 5.32 Å². The highest BCUT2D eigenvalue weighted by molar-refractivity contribution is 6.32. The lowest BCUT2D eigenvalue weighted by Crippen LogP contribution is -2.51. The molecule has 1 atom stereocenters. The zero-order valence-corrected chi connectivity index (χ0v) is 17.8. The summed E-state index contributed by atoms with van der Waals surface area (Å²) in [5.74, 6) is 0.0851. The summed E-state index contributed by atoms with van der Waals surface area (Å²) in [6, 6.07) is 16.4. The summed E-state index contributed by atoms with van der Waals surface area (Å²) >= 11 is 6.11. The van der Waals surface area contributed by atoms with E-state index < -0.39 is 6.04 Å². The zero-order valence-electron chi connectivity index (χ0n) is 17.1. The number of nitrogens with zero attached hydrogens (tertiary/aromatic N) is 1. The standard InChI is InChI=1S/C23H29ClN2O3/c1-3-15-25-23(28)20(4-2)26(16-14-18-10-6-5-7-11-18)22(27)17-29-21-13-9-8-12-19(21)24/h5-13,20H,3-4,14-17H2,1-2H3,(H,25,28). The molecule has 0 heterocycles. The molecule has 0 spiro atoms. The minimum Gasteiger partial charge on any atom is -0.482 e. The molecule has 0 aliphatic rings. The van der Waals surface area contributed by atoms with Gasteiger partial charge in [0.25, 0.3) is 5.91 Å². The van der Waals surface area contributed by atoms with Crippen molar-refractivity contribution in [3.8, 4) is 5.75 Å². The second kappa shape index (κ2) is 12.1. The Morgan fingerprint density at radius 2 is 1.76 bits per heavy atom. The van der Waals surface area contributed by atoms with E-state index >= 15 is 0 Å². The minimum absolute atomic E-state index is 0.131. The smallest absolute Gasteiger partial charge is 0.261 e. The second-order valence-electron chi connectivity index (χ2n) is 6.76. The lowest BCUT2D eigenvalue weighted by molar-refractivity contribution is -0.142. The lowest BCUT2D eigenvalue weighted by atomic mass is 10.1. The number of benzene rings is 2. The van der Waals surface area contributed by atoms with Crippen LogP contribution in [0.15, 0.2) is 54.6 Å². The lowest BCUT2D eigenvalue weighted by Gasteiger charge is -2.30. The first kappa shape index (κ1) is 22.8. The SMILES string of the molecule is CCCNC(=O)C(CC)N(CCc1ccccc1)C(=O)COc1ccccc1Cl. The van der Waals surface area contributed by atoms with E-state index in [1.807, 2.05) is 44.2 Å². The quantitative estimate of drug-likeness (QED) is 0.600. The van der Waals surface area contributed by atoms with Crippen LogP contribution >= 0.6 is 11.6 Å². The Balaban J connectivity index is 2.11. The van der Waals surface area contributed by atoms with Crippen molar-refractivity contribution in [3.05, 3.63) is 65.2 Å². The monoisotopic (exact) mass is 416 g/mol. The molecule has 0 saturated carbocycles. The van der Waals surface area contributed by atoms with E-state index in [1.54, 1.807) is 29.2 Å². The highest BCUT2D eigenvalue weighted by Crippen LogP contribution is 2.23. The summed E-state index contributed by atoms with van der Waals surface area (Å²) in [6.45, 7) is 4.76. The number of rotatable bonds is 11. The normalized spacial score (nSPS) is 11.6. The van der Waals surface area contributed by atoms with Crippen LogP contribution in [0.1, 0.15) is 32.3 Å². The van der Waals surface area contributed by atoms with Crippen molar-refractivity contribution in [3.63, 3.8) is 0 Å². The molecule has 29 heavy (non-hydrogen) atoms. The number of para-hydroxylation sites is 1. The molecule has 2 amide bonds. The highest BCUT2D eigenvalue weighted by atomic mass is 35.5. The summed E-state index contributed by atoms with van der Waals surface area (Å²) in [4.78, 5) is 27.3. The van der Waals surface area contributed by atoms with Crippen LogP contribution in [0.25, 0.3) is 0 Å². The van der Waals surface area contributed by atoms with Crippen molar-refractivity contribution >= 4 is 23.4 Å². The van der Waals surface area contributed by atoms with E-state index in [4.69, 9.17) is 16.3 Å². The number of hydrogen-bond acceptors (Lipinski definition) is 3. The summed E-state index contributed by atoms with van der Waals surface area (Å²) in [5.41, 5.74) is 1.11. The maximum absolute atomic E-state index is 13.0. The highest BCUT2D eigenvalue weighted by Gasteiger charge is 2.28. The molecule has 0 bridgehead atoms. The second-order valence-corrected chi connectivity index (χ2v) is 7.16. The van der Waals surface area contributed by atoms with Crippen LogP contribution in [0.2, 0.25) is 5.02 Å². The van der Waals surface area contributed by atoms with Gasteiger partial charge in [0.05, 0.1) is 5.02 Å². The average Bonchev–Trinajstić information content (AvgIpc) is 2.74. The fourth-order valence-electron chi connectivity index (χ4n) is 3.05. The van der Waals surface area contributed by atoms with Crippen LogP contribution in [0.5, 0.6) is 5.75 Å². The van der Waals surface area contributed by atoms with Gasteiger partial charge in [0.15, 0.2) is 6.61 Å². The van der Waals surface area contributed by atoms with Gasteiger partial charge < -0.3 is 15.0 Å². The largest absolute Gasteiger partial charge is 0.482 e. The predicted octanol–water partition coefficient (Wildman–Crippen LogP) is 4.09. The summed E-state index contributed by atoms with van der Waals surface area (Å²) < 4.78 is 5.63. The van der Waals surface area contributed by atoms with Gasteiger partial charge >= 0.3 is 0 Å². The first-order chi connectivity index (χ1) is 14.1. The Morgan fingerprint density at radius 1 is 1.07 bits per heavy atom. The van der Waals surface area contributed by atoms with E-state index in [0.29, 0.717) is 36.7 Å². The molecule has 1 N–H and O–H groups in total. The van der Waals surface area contributed by atoms with E-state index in [1.165, 1.54) is 0 Å². The summed E-state index contributed by atoms with van der Waals surface area (Å²) in [6.07, 6.45) is 2.04. The first-order valence-corrected chi connectivity index (χ1v) is 10.4.